The Labute approximate surface area is 157 Å². The van der Waals surface area contributed by atoms with E-state index in [1.165, 1.54) is 25.3 Å². The van der Waals surface area contributed by atoms with Crippen molar-refractivity contribution in [3.8, 4) is 11.5 Å². The highest BCUT2D eigenvalue weighted by Crippen LogP contribution is 2.28. The third-order valence-corrected chi connectivity index (χ3v) is 4.40. The molecular formula is C19H24N3O5+. The Balaban J connectivity index is 2.10. The van der Waals surface area contributed by atoms with Crippen LogP contribution in [0.1, 0.15) is 12.5 Å². The first-order chi connectivity index (χ1) is 12.8. The summed E-state index contributed by atoms with van der Waals surface area (Å²) < 4.78 is 10.4. The van der Waals surface area contributed by atoms with Crippen LogP contribution in [0.15, 0.2) is 42.5 Å². The molecule has 0 aliphatic heterocycles. The van der Waals surface area contributed by atoms with Gasteiger partial charge in [0.25, 0.3) is 11.6 Å². The monoisotopic (exact) mass is 374 g/mol. The largest absolute Gasteiger partial charge is 0.497 e. The fourth-order valence-corrected chi connectivity index (χ4v) is 2.63. The van der Waals surface area contributed by atoms with Gasteiger partial charge in [-0.1, -0.05) is 12.1 Å². The van der Waals surface area contributed by atoms with Crippen molar-refractivity contribution in [2.24, 2.45) is 0 Å². The number of methoxy groups -OCH3 is 2. The third kappa shape index (κ3) is 5.18. The number of hydrogen-bond donors (Lipinski definition) is 2. The molecule has 0 aliphatic rings. The molecule has 0 saturated heterocycles. The van der Waals surface area contributed by atoms with Crippen LogP contribution in [0.2, 0.25) is 0 Å². The summed E-state index contributed by atoms with van der Waals surface area (Å²) >= 11 is 0. The standard InChI is InChI=1S/C19H23N3O5/c1-13(21(2)12-14-6-5-7-16(10-14)26-3)19(23)20-17-11-15(22(24)25)8-9-18(17)27-4/h5-11,13H,12H2,1-4H3,(H,20,23)/p+1/t13-/m0/s1. The van der Waals surface area contributed by atoms with E-state index >= 15 is 0 Å². The van der Waals surface area contributed by atoms with Gasteiger partial charge in [-0.05, 0) is 25.1 Å². The maximum absolute atomic E-state index is 12.6. The molecule has 2 N–H and O–H groups in total. The molecule has 0 saturated carbocycles. The Morgan fingerprint density at radius 3 is 2.59 bits per heavy atom. The summed E-state index contributed by atoms with van der Waals surface area (Å²) in [6, 6.07) is 11.4. The minimum absolute atomic E-state index is 0.115. The lowest BCUT2D eigenvalue weighted by atomic mass is 10.1. The van der Waals surface area contributed by atoms with Crippen molar-refractivity contribution in [2.45, 2.75) is 19.5 Å². The number of nitro groups is 1. The van der Waals surface area contributed by atoms with Gasteiger partial charge in [0.1, 0.15) is 18.0 Å². The molecule has 0 bridgehead atoms. The summed E-state index contributed by atoms with van der Waals surface area (Å²) in [5.74, 6) is 0.875. The Bertz CT molecular complexity index is 825. The molecule has 144 valence electrons. The van der Waals surface area contributed by atoms with Crippen LogP contribution in [0.25, 0.3) is 0 Å². The van der Waals surface area contributed by atoms with Crippen LogP contribution in [-0.2, 0) is 11.3 Å². The van der Waals surface area contributed by atoms with Gasteiger partial charge in [-0.15, -0.1) is 0 Å². The number of hydrogen-bond acceptors (Lipinski definition) is 5. The number of carbonyl (C=O) groups is 1. The van der Waals surface area contributed by atoms with Crippen molar-refractivity contribution < 1.29 is 24.1 Å². The fraction of sp³-hybridized carbons (Fsp3) is 0.316. The number of rotatable bonds is 8. The molecule has 8 heteroatoms. The number of nitrogens with zero attached hydrogens (tertiary/aromatic N) is 1. The summed E-state index contributed by atoms with van der Waals surface area (Å²) in [6.07, 6.45) is 0. The molecule has 2 atom stereocenters. The number of benzene rings is 2. The smallest absolute Gasteiger partial charge is 0.282 e. The highest BCUT2D eigenvalue weighted by molar-refractivity contribution is 5.95. The number of carbonyl (C=O) groups excluding carboxylic acids is 1. The van der Waals surface area contributed by atoms with Gasteiger partial charge in [0, 0.05) is 17.7 Å². The number of nitro benzene ring substituents is 1. The molecule has 0 aromatic heterocycles. The molecule has 8 nitrogen and oxygen atoms in total. The van der Waals surface area contributed by atoms with E-state index in [2.05, 4.69) is 5.32 Å². The zero-order valence-electron chi connectivity index (χ0n) is 15.8. The van der Waals surface area contributed by atoms with E-state index in [0.717, 1.165) is 16.2 Å². The Kier molecular flexibility index (Phi) is 6.73. The summed E-state index contributed by atoms with van der Waals surface area (Å²) in [5, 5.41) is 13.7. The molecule has 0 fully saturated rings. The van der Waals surface area contributed by atoms with Gasteiger partial charge in [0.05, 0.1) is 31.9 Å². The van der Waals surface area contributed by atoms with Crippen LogP contribution in [0.3, 0.4) is 0 Å². The molecule has 2 aromatic carbocycles. The van der Waals surface area contributed by atoms with Gasteiger partial charge in [0.2, 0.25) is 0 Å². The van der Waals surface area contributed by atoms with Crippen LogP contribution >= 0.6 is 0 Å². The summed E-state index contributed by atoms with van der Waals surface area (Å²) in [7, 11) is 4.97. The lowest BCUT2D eigenvalue weighted by Gasteiger charge is -2.21. The second-order valence-electron chi connectivity index (χ2n) is 6.23. The predicted molar refractivity (Wildman–Crippen MR) is 101 cm³/mol. The molecule has 0 spiro atoms. The maximum atomic E-state index is 12.6. The first-order valence-corrected chi connectivity index (χ1v) is 8.44. The highest BCUT2D eigenvalue weighted by Gasteiger charge is 2.24. The molecule has 2 rings (SSSR count). The van der Waals surface area contributed by atoms with Crippen LogP contribution in [0.4, 0.5) is 11.4 Å². The number of non-ortho nitro benzene ring substituents is 1. The van der Waals surface area contributed by atoms with Crippen molar-refractivity contribution in [3.63, 3.8) is 0 Å². The van der Waals surface area contributed by atoms with E-state index < -0.39 is 4.92 Å². The van der Waals surface area contributed by atoms with E-state index in [1.54, 1.807) is 14.0 Å². The number of amides is 1. The first-order valence-electron chi connectivity index (χ1n) is 8.44. The summed E-state index contributed by atoms with van der Waals surface area (Å²) in [5.41, 5.74) is 1.20. The van der Waals surface area contributed by atoms with Crippen LogP contribution < -0.4 is 19.7 Å². The van der Waals surface area contributed by atoms with E-state index in [4.69, 9.17) is 9.47 Å². The zero-order valence-corrected chi connectivity index (χ0v) is 15.8. The van der Waals surface area contributed by atoms with E-state index in [1.807, 2.05) is 31.3 Å². The van der Waals surface area contributed by atoms with Crippen molar-refractivity contribution in [1.29, 1.82) is 0 Å². The lowest BCUT2D eigenvalue weighted by molar-refractivity contribution is -0.907. The fourth-order valence-electron chi connectivity index (χ4n) is 2.63. The number of nitrogens with one attached hydrogen (secondary N) is 2. The first kappa shape index (κ1) is 20.2. The molecule has 0 radical (unpaired) electrons. The lowest BCUT2D eigenvalue weighted by Crippen LogP contribution is -3.12. The van der Waals surface area contributed by atoms with Gasteiger partial charge in [-0.25, -0.2) is 0 Å². The molecule has 1 unspecified atom stereocenters. The van der Waals surface area contributed by atoms with Crippen molar-refractivity contribution in [3.05, 3.63) is 58.1 Å². The molecule has 0 aliphatic carbocycles. The molecule has 2 aromatic rings. The van der Waals surface area contributed by atoms with E-state index in [-0.39, 0.29) is 23.3 Å². The van der Waals surface area contributed by atoms with Gasteiger partial charge in [-0.3, -0.25) is 14.9 Å². The van der Waals surface area contributed by atoms with Crippen LogP contribution in [0, 0.1) is 10.1 Å². The predicted octanol–water partition coefficient (Wildman–Crippen LogP) is 1.65. The Morgan fingerprint density at radius 2 is 1.96 bits per heavy atom. The number of anilines is 1. The van der Waals surface area contributed by atoms with Crippen LogP contribution in [-0.4, -0.2) is 38.1 Å². The third-order valence-electron chi connectivity index (χ3n) is 4.40. The second-order valence-corrected chi connectivity index (χ2v) is 6.23. The molecule has 0 heterocycles. The summed E-state index contributed by atoms with van der Waals surface area (Å²) in [4.78, 5) is 24.1. The summed E-state index contributed by atoms with van der Waals surface area (Å²) in [6.45, 7) is 2.42. The Hall–Kier alpha value is -3.13. The van der Waals surface area contributed by atoms with Crippen molar-refractivity contribution >= 4 is 17.3 Å². The number of ether oxygens (including phenoxy) is 2. The average Bonchev–Trinajstić information content (AvgIpc) is 2.67. The van der Waals surface area contributed by atoms with Crippen molar-refractivity contribution in [2.75, 3.05) is 26.6 Å². The van der Waals surface area contributed by atoms with E-state index in [0.29, 0.717) is 12.3 Å². The van der Waals surface area contributed by atoms with Gasteiger partial charge in [-0.2, -0.15) is 0 Å². The number of quaternary nitrogens is 1. The second kappa shape index (κ2) is 9.00. The topological polar surface area (TPSA) is 95.1 Å². The SMILES string of the molecule is COc1cccc(C[NH+](C)[C@@H](C)C(=O)Nc2cc([N+](=O)[O-])ccc2OC)c1. The van der Waals surface area contributed by atoms with Crippen molar-refractivity contribution in [1.82, 2.24) is 0 Å². The van der Waals surface area contributed by atoms with Gasteiger partial charge in [0.15, 0.2) is 6.04 Å². The molecule has 1 amide bonds. The van der Waals surface area contributed by atoms with Crippen LogP contribution in [0.5, 0.6) is 11.5 Å². The zero-order chi connectivity index (χ0) is 20.0. The Morgan fingerprint density at radius 1 is 1.22 bits per heavy atom. The normalized spacial score (nSPS) is 12.7. The van der Waals surface area contributed by atoms with Gasteiger partial charge >= 0.3 is 0 Å². The quantitative estimate of drug-likeness (QED) is 0.541. The van der Waals surface area contributed by atoms with E-state index in [9.17, 15) is 14.9 Å². The minimum atomic E-state index is -0.515. The molecular weight excluding hydrogens is 350 g/mol. The van der Waals surface area contributed by atoms with Gasteiger partial charge < -0.3 is 19.7 Å². The minimum Gasteiger partial charge on any atom is -0.497 e. The number of likely N-dealkylation sites (N-methyl/N-ethyl adjacent to an activating group) is 1. The highest BCUT2D eigenvalue weighted by atomic mass is 16.6. The average molecular weight is 374 g/mol. The molecule has 27 heavy (non-hydrogen) atoms. The maximum Gasteiger partial charge on any atom is 0.282 e.